The molecule has 0 aliphatic heterocycles. The van der Waals surface area contributed by atoms with Gasteiger partial charge in [-0.25, -0.2) is 9.37 Å². The van der Waals surface area contributed by atoms with Crippen LogP contribution in [0, 0.1) is 17.7 Å². The number of hydrogen-bond donors (Lipinski definition) is 1. The Kier molecular flexibility index (Phi) is 6.18. The van der Waals surface area contributed by atoms with Crippen LogP contribution >= 0.6 is 23.3 Å². The van der Waals surface area contributed by atoms with E-state index in [-0.39, 0.29) is 12.4 Å². The summed E-state index contributed by atoms with van der Waals surface area (Å²) in [6.45, 7) is 2.03. The quantitative estimate of drug-likeness (QED) is 0.678. The van der Waals surface area contributed by atoms with Gasteiger partial charge in [-0.3, -0.25) is 0 Å². The van der Waals surface area contributed by atoms with E-state index in [0.717, 1.165) is 16.6 Å². The van der Waals surface area contributed by atoms with Gasteiger partial charge in [0.2, 0.25) is 0 Å². The minimum Gasteiger partial charge on any atom is -0.395 e. The Balaban J connectivity index is 1.99. The summed E-state index contributed by atoms with van der Waals surface area (Å²) in [5.41, 5.74) is 1.25. The molecular weight excluding hydrogens is 307 g/mol. The molecule has 0 atom stereocenters. The zero-order valence-electron chi connectivity index (χ0n) is 11.6. The summed E-state index contributed by atoms with van der Waals surface area (Å²) in [7, 11) is 0. The van der Waals surface area contributed by atoms with Gasteiger partial charge in [0.25, 0.3) is 0 Å². The van der Waals surface area contributed by atoms with Crippen LogP contribution in [0.25, 0.3) is 0 Å². The highest BCUT2D eigenvalue weighted by Gasteiger charge is 2.07. The van der Waals surface area contributed by atoms with Gasteiger partial charge in [-0.2, -0.15) is 4.37 Å². The number of hydrogen-bond acceptors (Lipinski definition) is 5. The van der Waals surface area contributed by atoms with Gasteiger partial charge in [-0.1, -0.05) is 36.6 Å². The maximum atomic E-state index is 14.0. The lowest BCUT2D eigenvalue weighted by Gasteiger charge is -2.01. The average molecular weight is 322 g/mol. The Morgan fingerprint density at radius 1 is 1.43 bits per heavy atom. The number of benzene rings is 1. The smallest absolute Gasteiger partial charge is 0.170 e. The number of nitrogens with zero attached hydrogens (tertiary/aromatic N) is 2. The first kappa shape index (κ1) is 16.0. The van der Waals surface area contributed by atoms with Crippen molar-refractivity contribution >= 4 is 23.3 Å². The Labute approximate surface area is 131 Å². The molecule has 0 bridgehead atoms. The monoisotopic (exact) mass is 322 g/mol. The van der Waals surface area contributed by atoms with E-state index in [4.69, 9.17) is 5.11 Å². The van der Waals surface area contributed by atoms with Crippen LogP contribution in [0.3, 0.4) is 0 Å². The lowest BCUT2D eigenvalue weighted by Crippen LogP contribution is -1.89. The van der Waals surface area contributed by atoms with Crippen molar-refractivity contribution < 1.29 is 9.50 Å². The van der Waals surface area contributed by atoms with Crippen molar-refractivity contribution in [2.45, 2.75) is 29.9 Å². The molecule has 0 amide bonds. The van der Waals surface area contributed by atoms with Crippen molar-refractivity contribution in [1.29, 1.82) is 0 Å². The maximum Gasteiger partial charge on any atom is 0.170 e. The van der Waals surface area contributed by atoms with Crippen molar-refractivity contribution in [3.63, 3.8) is 0 Å². The van der Waals surface area contributed by atoms with Crippen LogP contribution in [0.4, 0.5) is 4.39 Å². The van der Waals surface area contributed by atoms with Crippen LogP contribution < -0.4 is 0 Å². The third-order valence-electron chi connectivity index (χ3n) is 2.64. The van der Waals surface area contributed by atoms with Gasteiger partial charge in [-0.15, -0.1) is 0 Å². The second-order valence-electron chi connectivity index (χ2n) is 4.20. The fourth-order valence-corrected chi connectivity index (χ4v) is 3.22. The van der Waals surface area contributed by atoms with Gasteiger partial charge in [-0.05, 0) is 29.2 Å². The second-order valence-corrected chi connectivity index (χ2v) is 6.17. The zero-order valence-corrected chi connectivity index (χ0v) is 13.2. The van der Waals surface area contributed by atoms with E-state index < -0.39 is 0 Å². The van der Waals surface area contributed by atoms with E-state index in [9.17, 15) is 4.39 Å². The molecular formula is C15H15FN2OS2. The number of aromatic nitrogens is 2. The van der Waals surface area contributed by atoms with Crippen LogP contribution in [0.5, 0.6) is 0 Å². The van der Waals surface area contributed by atoms with Gasteiger partial charge >= 0.3 is 0 Å². The van der Waals surface area contributed by atoms with Crippen molar-refractivity contribution in [3.8, 4) is 11.8 Å². The highest BCUT2D eigenvalue weighted by molar-refractivity contribution is 8.00. The Morgan fingerprint density at radius 3 is 2.95 bits per heavy atom. The zero-order chi connectivity index (χ0) is 15.1. The summed E-state index contributed by atoms with van der Waals surface area (Å²) < 4.78 is 19.0. The van der Waals surface area contributed by atoms with Crippen LogP contribution in [0.2, 0.25) is 0 Å². The molecule has 0 aliphatic rings. The van der Waals surface area contributed by atoms with Crippen molar-refractivity contribution in [2.75, 3.05) is 6.61 Å². The number of aliphatic hydroxyl groups excluding tert-OH is 1. The summed E-state index contributed by atoms with van der Waals surface area (Å²) in [5, 5.41) is 8.65. The summed E-state index contributed by atoms with van der Waals surface area (Å²) in [6.07, 6.45) is 1.21. The third kappa shape index (κ3) is 4.81. The van der Waals surface area contributed by atoms with Gasteiger partial charge in [0.1, 0.15) is 11.6 Å². The van der Waals surface area contributed by atoms with E-state index in [1.165, 1.54) is 29.4 Å². The summed E-state index contributed by atoms with van der Waals surface area (Å²) in [5.74, 6) is 6.69. The van der Waals surface area contributed by atoms with Gasteiger partial charge < -0.3 is 5.11 Å². The number of aliphatic hydroxyl groups is 1. The number of halogens is 1. The minimum absolute atomic E-state index is 0.0196. The highest BCUT2D eigenvalue weighted by atomic mass is 32.2. The van der Waals surface area contributed by atoms with Crippen LogP contribution in [0.15, 0.2) is 22.5 Å². The molecule has 3 nitrogen and oxygen atoms in total. The topological polar surface area (TPSA) is 46.0 Å². The predicted molar refractivity (Wildman–Crippen MR) is 83.8 cm³/mol. The van der Waals surface area contributed by atoms with E-state index in [1.807, 2.05) is 6.92 Å². The van der Waals surface area contributed by atoms with E-state index >= 15 is 0 Å². The van der Waals surface area contributed by atoms with E-state index in [2.05, 4.69) is 21.2 Å². The fraction of sp³-hybridized carbons (Fsp3) is 0.333. The molecule has 0 fully saturated rings. The van der Waals surface area contributed by atoms with Crippen molar-refractivity contribution in [3.05, 3.63) is 41.0 Å². The third-order valence-corrected chi connectivity index (χ3v) is 4.56. The summed E-state index contributed by atoms with van der Waals surface area (Å²) in [4.78, 5) is 4.34. The minimum atomic E-state index is -0.265. The van der Waals surface area contributed by atoms with Crippen molar-refractivity contribution in [2.24, 2.45) is 0 Å². The predicted octanol–water partition coefficient (Wildman–Crippen LogP) is 3.27. The molecule has 0 saturated heterocycles. The highest BCUT2D eigenvalue weighted by Crippen LogP contribution is 2.25. The molecule has 0 spiro atoms. The van der Waals surface area contributed by atoms with Gasteiger partial charge in [0, 0.05) is 24.2 Å². The lowest BCUT2D eigenvalue weighted by molar-refractivity contribution is 0.305. The van der Waals surface area contributed by atoms with Crippen LogP contribution in [0.1, 0.15) is 30.3 Å². The first-order valence-electron chi connectivity index (χ1n) is 6.56. The molecule has 110 valence electrons. The molecule has 0 saturated carbocycles. The van der Waals surface area contributed by atoms with Crippen LogP contribution in [-0.4, -0.2) is 21.1 Å². The van der Waals surface area contributed by atoms with Gasteiger partial charge in [0.05, 0.1) is 6.61 Å². The average Bonchev–Trinajstić information content (AvgIpc) is 2.95. The molecule has 2 rings (SSSR count). The van der Waals surface area contributed by atoms with Crippen molar-refractivity contribution in [1.82, 2.24) is 9.36 Å². The molecule has 1 N–H and O–H groups in total. The molecule has 0 aliphatic carbocycles. The molecule has 21 heavy (non-hydrogen) atoms. The molecule has 1 aromatic heterocycles. The molecule has 6 heteroatoms. The fourth-order valence-electron chi connectivity index (χ4n) is 1.54. The molecule has 1 aromatic carbocycles. The molecule has 1 heterocycles. The Bertz CT molecular complexity index is 661. The largest absolute Gasteiger partial charge is 0.395 e. The molecule has 0 radical (unpaired) electrons. The lowest BCUT2D eigenvalue weighted by atomic mass is 10.1. The molecule has 2 aromatic rings. The first-order chi connectivity index (χ1) is 10.2. The standard InChI is InChI=1S/C15H15FN2OS2/c1-2-14-17-15(21-18-14)20-10-12-7-6-11(9-13(12)16)5-3-4-8-19/h6-7,9,19H,2,4,8,10H2,1H3. The van der Waals surface area contributed by atoms with Crippen LogP contribution in [-0.2, 0) is 12.2 Å². The number of rotatable bonds is 5. The summed E-state index contributed by atoms with van der Waals surface area (Å²) >= 11 is 2.84. The first-order valence-corrected chi connectivity index (χ1v) is 8.32. The van der Waals surface area contributed by atoms with Gasteiger partial charge in [0.15, 0.2) is 4.34 Å². The Hall–Kier alpha value is -1.42. The Morgan fingerprint density at radius 2 is 2.29 bits per heavy atom. The SMILES string of the molecule is CCc1nsc(SCc2ccc(C#CCCO)cc2F)n1. The number of aryl methyl sites for hydroxylation is 1. The second kappa shape index (κ2) is 8.13. The summed E-state index contributed by atoms with van der Waals surface area (Å²) in [6, 6.07) is 4.96. The van der Waals surface area contributed by atoms with E-state index in [1.54, 1.807) is 12.1 Å². The van der Waals surface area contributed by atoms with E-state index in [0.29, 0.717) is 23.3 Å². The number of thioether (sulfide) groups is 1. The molecule has 0 unspecified atom stereocenters. The normalized spacial score (nSPS) is 10.2. The maximum absolute atomic E-state index is 14.0.